The van der Waals surface area contributed by atoms with Gasteiger partial charge in [0.1, 0.15) is 5.82 Å². The average molecular weight is 180 g/mol. The van der Waals surface area contributed by atoms with Crippen molar-refractivity contribution in [3.63, 3.8) is 0 Å². The van der Waals surface area contributed by atoms with Gasteiger partial charge in [0, 0.05) is 19.3 Å². The first-order valence-corrected chi connectivity index (χ1v) is 4.53. The average Bonchev–Trinajstić information content (AvgIpc) is 2.14. The first-order valence-electron chi connectivity index (χ1n) is 4.53. The lowest BCUT2D eigenvalue weighted by molar-refractivity contribution is -0.281. The Labute approximate surface area is 78.2 Å². The van der Waals surface area contributed by atoms with Crippen LogP contribution in [0.25, 0.3) is 0 Å². The third kappa shape index (κ3) is 2.57. The summed E-state index contributed by atoms with van der Waals surface area (Å²) in [5.74, 6) is 0.726. The lowest BCUT2D eigenvalue weighted by atomic mass is 10.4. The van der Waals surface area contributed by atoms with E-state index in [1.807, 2.05) is 6.92 Å². The molecule has 13 heavy (non-hydrogen) atoms. The van der Waals surface area contributed by atoms with Gasteiger partial charge in [0.15, 0.2) is 0 Å². The molecular formula is C9H14N3O-. The van der Waals surface area contributed by atoms with Gasteiger partial charge in [-0.05, 0) is 19.4 Å². The molecule has 0 radical (unpaired) electrons. The molecule has 72 valence electrons. The van der Waals surface area contributed by atoms with Crippen LogP contribution in [0.15, 0.2) is 12.3 Å². The molecule has 0 saturated heterocycles. The van der Waals surface area contributed by atoms with E-state index in [1.54, 1.807) is 6.07 Å². The van der Waals surface area contributed by atoms with Crippen LogP contribution in [0.5, 0.6) is 6.01 Å². The highest BCUT2D eigenvalue weighted by Gasteiger charge is 2.02. The van der Waals surface area contributed by atoms with Crippen LogP contribution in [-0.4, -0.2) is 23.1 Å². The van der Waals surface area contributed by atoms with Crippen molar-refractivity contribution in [1.29, 1.82) is 0 Å². The van der Waals surface area contributed by atoms with E-state index in [0.29, 0.717) is 0 Å². The standard InChI is InChI=1S/C9H15N3O/c1-3-7-12(4-2)8-5-6-10-9(13)11-8/h5-6H,3-4,7H2,1-2H3,(H,10,11,13)/p-1. The number of aromatic nitrogens is 2. The van der Waals surface area contributed by atoms with E-state index >= 15 is 0 Å². The highest BCUT2D eigenvalue weighted by molar-refractivity contribution is 5.37. The van der Waals surface area contributed by atoms with E-state index in [9.17, 15) is 5.11 Å². The minimum Gasteiger partial charge on any atom is -0.844 e. The Morgan fingerprint density at radius 3 is 2.77 bits per heavy atom. The maximum Gasteiger partial charge on any atom is 0.131 e. The van der Waals surface area contributed by atoms with Gasteiger partial charge in [-0.1, -0.05) is 6.92 Å². The molecule has 0 aliphatic rings. The van der Waals surface area contributed by atoms with Crippen molar-refractivity contribution in [3.05, 3.63) is 12.3 Å². The molecule has 0 spiro atoms. The van der Waals surface area contributed by atoms with Crippen LogP contribution in [0.3, 0.4) is 0 Å². The van der Waals surface area contributed by atoms with Crippen LogP contribution >= 0.6 is 0 Å². The number of anilines is 1. The predicted octanol–water partition coefficient (Wildman–Crippen LogP) is 0.786. The lowest BCUT2D eigenvalue weighted by Gasteiger charge is -2.21. The number of hydrogen-bond donors (Lipinski definition) is 0. The molecule has 4 heteroatoms. The van der Waals surface area contributed by atoms with Crippen LogP contribution < -0.4 is 10.0 Å². The first kappa shape index (κ1) is 9.77. The van der Waals surface area contributed by atoms with E-state index < -0.39 is 6.01 Å². The molecule has 0 aromatic carbocycles. The summed E-state index contributed by atoms with van der Waals surface area (Å²) in [4.78, 5) is 9.40. The second-order valence-electron chi connectivity index (χ2n) is 2.78. The van der Waals surface area contributed by atoms with Gasteiger partial charge in [-0.2, -0.15) is 0 Å². The van der Waals surface area contributed by atoms with E-state index in [-0.39, 0.29) is 0 Å². The number of nitrogens with zero attached hydrogens (tertiary/aromatic N) is 3. The molecule has 0 unspecified atom stereocenters. The molecular weight excluding hydrogens is 166 g/mol. The van der Waals surface area contributed by atoms with Crippen molar-refractivity contribution in [2.45, 2.75) is 20.3 Å². The fourth-order valence-corrected chi connectivity index (χ4v) is 1.21. The minimum atomic E-state index is -0.410. The van der Waals surface area contributed by atoms with Gasteiger partial charge in [0.25, 0.3) is 0 Å². The van der Waals surface area contributed by atoms with Crippen molar-refractivity contribution in [2.24, 2.45) is 0 Å². The second kappa shape index (κ2) is 4.64. The molecule has 0 atom stereocenters. The molecule has 1 heterocycles. The Bertz CT molecular complexity index is 265. The summed E-state index contributed by atoms with van der Waals surface area (Å²) in [5.41, 5.74) is 0. The SMILES string of the molecule is CCCN(CC)c1ccnc([O-])n1. The van der Waals surface area contributed by atoms with Gasteiger partial charge in [-0.25, -0.2) is 4.98 Å². The maximum absolute atomic E-state index is 10.9. The van der Waals surface area contributed by atoms with Crippen LogP contribution in [0.1, 0.15) is 20.3 Å². The van der Waals surface area contributed by atoms with E-state index in [1.165, 1.54) is 6.20 Å². The van der Waals surface area contributed by atoms with Crippen molar-refractivity contribution < 1.29 is 5.11 Å². The van der Waals surface area contributed by atoms with E-state index in [4.69, 9.17) is 0 Å². The summed E-state index contributed by atoms with van der Waals surface area (Å²) in [6.07, 6.45) is 2.55. The zero-order chi connectivity index (χ0) is 9.68. The molecule has 0 saturated carbocycles. The molecule has 0 aliphatic heterocycles. The van der Waals surface area contributed by atoms with Crippen LogP contribution in [-0.2, 0) is 0 Å². The molecule has 4 nitrogen and oxygen atoms in total. The molecule has 0 bridgehead atoms. The second-order valence-corrected chi connectivity index (χ2v) is 2.78. The minimum absolute atomic E-state index is 0.410. The normalized spacial score (nSPS) is 10.0. The molecule has 0 fully saturated rings. The Kier molecular flexibility index (Phi) is 3.49. The molecule has 1 aromatic heterocycles. The smallest absolute Gasteiger partial charge is 0.131 e. The fraction of sp³-hybridized carbons (Fsp3) is 0.556. The Balaban J connectivity index is 2.78. The largest absolute Gasteiger partial charge is 0.844 e. The summed E-state index contributed by atoms with van der Waals surface area (Å²) >= 11 is 0. The van der Waals surface area contributed by atoms with Crippen molar-refractivity contribution in [2.75, 3.05) is 18.0 Å². The quantitative estimate of drug-likeness (QED) is 0.687. The number of rotatable bonds is 4. The predicted molar refractivity (Wildman–Crippen MR) is 49.7 cm³/mol. The number of hydrogen-bond acceptors (Lipinski definition) is 4. The lowest BCUT2D eigenvalue weighted by Crippen LogP contribution is -2.24. The van der Waals surface area contributed by atoms with Crippen LogP contribution in [0.2, 0.25) is 0 Å². The van der Waals surface area contributed by atoms with Crippen molar-refractivity contribution in [1.82, 2.24) is 9.97 Å². The van der Waals surface area contributed by atoms with Gasteiger partial charge in [-0.15, -0.1) is 0 Å². The van der Waals surface area contributed by atoms with Gasteiger partial charge >= 0.3 is 0 Å². The van der Waals surface area contributed by atoms with Crippen molar-refractivity contribution in [3.8, 4) is 6.01 Å². The summed E-state index contributed by atoms with van der Waals surface area (Å²) in [6, 6.07) is 1.35. The monoisotopic (exact) mass is 180 g/mol. The van der Waals surface area contributed by atoms with E-state index in [2.05, 4.69) is 21.8 Å². The third-order valence-electron chi connectivity index (χ3n) is 1.82. The highest BCUT2D eigenvalue weighted by Crippen LogP contribution is 2.10. The zero-order valence-corrected chi connectivity index (χ0v) is 8.03. The van der Waals surface area contributed by atoms with Crippen LogP contribution in [0.4, 0.5) is 5.82 Å². The van der Waals surface area contributed by atoms with Gasteiger partial charge in [0.05, 0.1) is 6.01 Å². The molecule has 0 aliphatic carbocycles. The molecule has 1 aromatic rings. The Morgan fingerprint density at radius 2 is 2.23 bits per heavy atom. The first-order chi connectivity index (χ1) is 6.27. The summed E-state index contributed by atoms with van der Waals surface area (Å²) in [5, 5.41) is 10.9. The van der Waals surface area contributed by atoms with Gasteiger partial charge in [-0.3, -0.25) is 4.98 Å². The Morgan fingerprint density at radius 1 is 1.46 bits per heavy atom. The Hall–Kier alpha value is -1.32. The molecule has 0 amide bonds. The zero-order valence-electron chi connectivity index (χ0n) is 8.03. The van der Waals surface area contributed by atoms with Crippen LogP contribution in [0, 0.1) is 0 Å². The van der Waals surface area contributed by atoms with Crippen molar-refractivity contribution >= 4 is 5.82 Å². The molecule has 1 rings (SSSR count). The van der Waals surface area contributed by atoms with Gasteiger partial charge < -0.3 is 10.0 Å². The molecule has 0 N–H and O–H groups in total. The summed E-state index contributed by atoms with van der Waals surface area (Å²) in [6.45, 7) is 5.93. The summed E-state index contributed by atoms with van der Waals surface area (Å²) < 4.78 is 0. The highest BCUT2D eigenvalue weighted by atomic mass is 16.3. The topological polar surface area (TPSA) is 52.1 Å². The third-order valence-corrected chi connectivity index (χ3v) is 1.82. The maximum atomic E-state index is 10.9. The fourth-order valence-electron chi connectivity index (χ4n) is 1.21. The van der Waals surface area contributed by atoms with Gasteiger partial charge in [0.2, 0.25) is 0 Å². The van der Waals surface area contributed by atoms with E-state index in [0.717, 1.165) is 25.3 Å². The summed E-state index contributed by atoms with van der Waals surface area (Å²) in [7, 11) is 0.